The molecular weight excluding hydrogens is 390 g/mol. The van der Waals surface area contributed by atoms with Crippen molar-refractivity contribution in [3.8, 4) is 0 Å². The minimum absolute atomic E-state index is 0. The number of hydrogen-bond acceptors (Lipinski definition) is 2. The van der Waals surface area contributed by atoms with Crippen LogP contribution in [0.1, 0.15) is 26.7 Å². The van der Waals surface area contributed by atoms with Crippen molar-refractivity contribution in [1.82, 2.24) is 0 Å². The Morgan fingerprint density at radius 1 is 1.31 bits per heavy atom. The van der Waals surface area contributed by atoms with Crippen LogP contribution in [0.5, 0.6) is 0 Å². The second-order valence-electron chi connectivity index (χ2n) is 2.59. The Balaban J connectivity index is 0. The third-order valence-electron chi connectivity index (χ3n) is 2.13. The van der Waals surface area contributed by atoms with Gasteiger partial charge in [-0.2, -0.15) is 0 Å². The average molecular weight is 405 g/mol. The molecule has 0 unspecified atom stereocenters. The van der Waals surface area contributed by atoms with Crippen molar-refractivity contribution in [2.45, 2.75) is 31.8 Å². The van der Waals surface area contributed by atoms with Gasteiger partial charge in [-0.1, -0.05) is 13.8 Å². The fraction of sp³-hybridized carbons (Fsp3) is 0.833. The first-order valence-electron chi connectivity index (χ1n) is 3.61. The molecule has 0 aliphatic rings. The molecule has 0 aliphatic carbocycles. The van der Waals surface area contributed by atoms with Gasteiger partial charge in [-0.05, 0) is 12.8 Å². The molecule has 3 N–H and O–H groups in total. The van der Waals surface area contributed by atoms with Crippen LogP contribution < -0.4 is 0 Å². The van der Waals surface area contributed by atoms with Gasteiger partial charge < -0.3 is 14.9 Å². The predicted octanol–water partition coefficient (Wildman–Crippen LogP) is -0.109. The molecule has 0 atom stereocenters. The summed E-state index contributed by atoms with van der Waals surface area (Å²) in [6, 6.07) is 0. The molecule has 7 heteroatoms. The van der Waals surface area contributed by atoms with Crippen LogP contribution in [0.2, 0.25) is 0 Å². The Labute approximate surface area is 96.9 Å². The van der Waals surface area contributed by atoms with Gasteiger partial charge in [0.2, 0.25) is 0 Å². The van der Waals surface area contributed by atoms with Crippen molar-refractivity contribution < 1.29 is 24.3 Å². The maximum atomic E-state index is 10.9. The third kappa shape index (κ3) is 3.00. The van der Waals surface area contributed by atoms with Gasteiger partial charge in [-0.25, -0.2) is 0 Å². The second kappa shape index (κ2) is 5.43. The monoisotopic (exact) mass is 406 g/mol. The van der Waals surface area contributed by atoms with Crippen LogP contribution in [0, 0.1) is 0 Å². The number of aliphatic carboxylic acids is 1. The molecule has 0 amide bonds. The van der Waals surface area contributed by atoms with E-state index in [4.69, 9.17) is 14.9 Å². The number of carboxylic acid groups (broad SMARTS) is 1. The van der Waals surface area contributed by atoms with E-state index in [1.165, 1.54) is 13.8 Å². The molecule has 0 spiro atoms. The summed E-state index contributed by atoms with van der Waals surface area (Å²) in [4.78, 5) is 28.3. The molecule has 0 rings (SSSR count). The van der Waals surface area contributed by atoms with Crippen LogP contribution in [-0.4, -0.2) is 53.3 Å². The normalized spacial score (nSPS) is 12.0. The summed E-state index contributed by atoms with van der Waals surface area (Å²) in [5, 5.41) is 6.77. The quantitative estimate of drug-likeness (QED) is 0.448. The molecule has 5 nitrogen and oxygen atoms in total. The summed E-state index contributed by atoms with van der Waals surface area (Å²) in [7, 11) is -4.56. The SMILES string of the molecule is CCC(CC)(C(=O)O)P(=O)(O)O.[PbH2]. The molecule has 0 aliphatic heterocycles. The van der Waals surface area contributed by atoms with E-state index in [0.29, 0.717) is 0 Å². The summed E-state index contributed by atoms with van der Waals surface area (Å²) < 4.78 is 10.9. The molecular formula is C6H15O5PPb. The second-order valence-corrected chi connectivity index (χ2v) is 4.53. The van der Waals surface area contributed by atoms with Crippen LogP contribution in [-0.2, 0) is 9.36 Å². The van der Waals surface area contributed by atoms with Gasteiger partial charge in [0.15, 0.2) is 5.16 Å². The summed E-state index contributed by atoms with van der Waals surface area (Å²) in [6.07, 6.45) is -0.133. The van der Waals surface area contributed by atoms with Gasteiger partial charge in [-0.15, -0.1) is 0 Å². The van der Waals surface area contributed by atoms with Crippen molar-refractivity contribution in [3.05, 3.63) is 0 Å². The van der Waals surface area contributed by atoms with Gasteiger partial charge in [0.25, 0.3) is 0 Å². The zero-order valence-electron chi connectivity index (χ0n) is 7.73. The Morgan fingerprint density at radius 3 is 1.62 bits per heavy atom. The van der Waals surface area contributed by atoms with E-state index < -0.39 is 18.7 Å². The van der Waals surface area contributed by atoms with E-state index in [9.17, 15) is 9.36 Å². The third-order valence-corrected chi connectivity index (χ3v) is 4.06. The Bertz CT molecular complexity index is 219. The van der Waals surface area contributed by atoms with Crippen LogP contribution in [0.4, 0.5) is 0 Å². The van der Waals surface area contributed by atoms with Crippen molar-refractivity contribution in [3.63, 3.8) is 0 Å². The first-order chi connectivity index (χ1) is 5.31. The molecule has 0 bridgehead atoms. The van der Waals surface area contributed by atoms with E-state index in [2.05, 4.69) is 0 Å². The van der Waals surface area contributed by atoms with Gasteiger partial charge in [0, 0.05) is 0 Å². The molecule has 0 aromatic heterocycles. The van der Waals surface area contributed by atoms with E-state index in [1.807, 2.05) is 0 Å². The first kappa shape index (κ1) is 16.0. The number of carboxylic acids is 1. The Morgan fingerprint density at radius 2 is 1.62 bits per heavy atom. The van der Waals surface area contributed by atoms with Gasteiger partial charge >= 0.3 is 40.9 Å². The fourth-order valence-corrected chi connectivity index (χ4v) is 2.16. The van der Waals surface area contributed by atoms with Gasteiger partial charge in [-0.3, -0.25) is 9.36 Å². The molecule has 2 radical (unpaired) electrons. The molecule has 0 heterocycles. The molecule has 0 aromatic carbocycles. The zero-order valence-corrected chi connectivity index (χ0v) is 14.1. The van der Waals surface area contributed by atoms with Crippen molar-refractivity contribution in [1.29, 1.82) is 0 Å². The summed E-state index contributed by atoms with van der Waals surface area (Å²) in [6.45, 7) is 2.91. The summed E-state index contributed by atoms with van der Waals surface area (Å²) >= 11 is 0. The minimum atomic E-state index is -4.56. The predicted molar refractivity (Wildman–Crippen MR) is 51.5 cm³/mol. The molecule has 0 saturated carbocycles. The Kier molecular flexibility index (Phi) is 6.68. The topological polar surface area (TPSA) is 94.8 Å². The zero-order chi connectivity index (χ0) is 9.99. The van der Waals surface area contributed by atoms with Crippen LogP contribution in [0.3, 0.4) is 0 Å². The van der Waals surface area contributed by atoms with Crippen LogP contribution in [0.15, 0.2) is 0 Å². The van der Waals surface area contributed by atoms with E-state index in [-0.39, 0.29) is 40.1 Å². The van der Waals surface area contributed by atoms with Crippen molar-refractivity contribution in [2.75, 3.05) is 0 Å². The molecule has 13 heavy (non-hydrogen) atoms. The first-order valence-corrected chi connectivity index (χ1v) is 5.22. The number of carbonyl (C=O) groups is 1. The Hall–Kier alpha value is 0.542. The van der Waals surface area contributed by atoms with E-state index >= 15 is 0 Å². The van der Waals surface area contributed by atoms with Gasteiger partial charge in [0.1, 0.15) is 0 Å². The molecule has 0 saturated heterocycles. The van der Waals surface area contributed by atoms with E-state index in [0.717, 1.165) is 0 Å². The van der Waals surface area contributed by atoms with Gasteiger partial charge in [0.05, 0.1) is 0 Å². The number of hydrogen-bond donors (Lipinski definition) is 3. The number of rotatable bonds is 4. The summed E-state index contributed by atoms with van der Waals surface area (Å²) in [5.74, 6) is -1.43. The maximum absolute atomic E-state index is 10.9. The summed E-state index contributed by atoms with van der Waals surface area (Å²) in [5.41, 5.74) is 0. The average Bonchev–Trinajstić information content (AvgIpc) is 1.87. The van der Waals surface area contributed by atoms with E-state index in [1.54, 1.807) is 0 Å². The molecule has 0 fully saturated rings. The van der Waals surface area contributed by atoms with Crippen molar-refractivity contribution in [2.24, 2.45) is 0 Å². The standard InChI is InChI=1S/C6H13O5P.Pb.2H/c1-3-6(4-2,5(7)8)12(9,10)11;;;/h3-4H2,1-2H3,(H,7,8)(H2,9,10,11);;;. The van der Waals surface area contributed by atoms with Crippen molar-refractivity contribution >= 4 is 40.9 Å². The fourth-order valence-electron chi connectivity index (χ4n) is 1.09. The molecule has 0 aromatic rings. The molecule has 78 valence electrons. The van der Waals surface area contributed by atoms with Crippen LogP contribution >= 0.6 is 7.60 Å². The van der Waals surface area contributed by atoms with Crippen LogP contribution in [0.25, 0.3) is 0 Å².